The Morgan fingerprint density at radius 3 is 1.21 bits per heavy atom. The third-order valence-corrected chi connectivity index (χ3v) is 11.7. The van der Waals surface area contributed by atoms with E-state index in [9.17, 15) is 19.8 Å². The second kappa shape index (κ2) is 43.4. The molecule has 0 aliphatic heterocycles. The molecule has 2 N–H and O–H groups in total. The quantitative estimate of drug-likeness (QED) is 0.0468. The van der Waals surface area contributed by atoms with Crippen molar-refractivity contribution in [2.24, 2.45) is 11.8 Å². The third-order valence-electron chi connectivity index (χ3n) is 11.7. The molecule has 0 amide bonds. The second-order valence-electron chi connectivity index (χ2n) is 17.4. The van der Waals surface area contributed by atoms with Crippen LogP contribution in [0.1, 0.15) is 246 Å². The standard InChI is InChI=1S/C49H97NO6/c1-5-9-13-17-24-34-45(32-22-15-11-7-3)43-55-48(53)37-26-19-20-29-39-50(40-30-21-31-41-51)42-47(52)36-27-28-38-49(54)56-44-46(33-23-16-12-8-4)35-25-18-14-10-6-2/h45-47,51-52H,5-44H2,1-4H3. The van der Waals surface area contributed by atoms with E-state index in [0.29, 0.717) is 50.9 Å². The Labute approximate surface area is 348 Å². The maximum atomic E-state index is 12.6. The lowest BCUT2D eigenvalue weighted by atomic mass is 9.95. The summed E-state index contributed by atoms with van der Waals surface area (Å²) in [6.45, 7) is 12.9. The van der Waals surface area contributed by atoms with Gasteiger partial charge in [-0.05, 0) is 95.6 Å². The predicted octanol–water partition coefficient (Wildman–Crippen LogP) is 13.3. The lowest BCUT2D eigenvalue weighted by molar-refractivity contribution is -0.146. The zero-order chi connectivity index (χ0) is 41.2. The lowest BCUT2D eigenvalue weighted by Gasteiger charge is -2.25. The number of esters is 2. The molecule has 0 saturated heterocycles. The van der Waals surface area contributed by atoms with E-state index in [4.69, 9.17) is 9.47 Å². The highest BCUT2D eigenvalue weighted by atomic mass is 16.5. The summed E-state index contributed by atoms with van der Waals surface area (Å²) in [5.74, 6) is 0.876. The first-order chi connectivity index (χ1) is 27.4. The highest BCUT2D eigenvalue weighted by molar-refractivity contribution is 5.69. The number of ether oxygens (including phenoxy) is 2. The molecule has 0 aromatic heterocycles. The average molecular weight is 796 g/mol. The van der Waals surface area contributed by atoms with Crippen LogP contribution < -0.4 is 0 Å². The van der Waals surface area contributed by atoms with Crippen molar-refractivity contribution in [1.29, 1.82) is 0 Å². The number of nitrogens with zero attached hydrogens (tertiary/aromatic N) is 1. The van der Waals surface area contributed by atoms with Gasteiger partial charge in [0.25, 0.3) is 0 Å². The summed E-state index contributed by atoms with van der Waals surface area (Å²) in [5, 5.41) is 20.1. The zero-order valence-electron chi connectivity index (χ0n) is 38.0. The smallest absolute Gasteiger partial charge is 0.305 e. The fourth-order valence-electron chi connectivity index (χ4n) is 7.90. The molecule has 0 aromatic rings. The van der Waals surface area contributed by atoms with E-state index in [1.54, 1.807) is 0 Å². The van der Waals surface area contributed by atoms with Gasteiger partial charge in [0.15, 0.2) is 0 Å². The number of unbranched alkanes of at least 4 members (excludes halogenated alkanes) is 20. The Morgan fingerprint density at radius 1 is 0.446 bits per heavy atom. The van der Waals surface area contributed by atoms with E-state index >= 15 is 0 Å². The van der Waals surface area contributed by atoms with Crippen molar-refractivity contribution in [2.75, 3.05) is 39.5 Å². The number of rotatable bonds is 45. The highest BCUT2D eigenvalue weighted by Crippen LogP contribution is 2.21. The van der Waals surface area contributed by atoms with Crippen molar-refractivity contribution < 1.29 is 29.3 Å². The molecular weight excluding hydrogens is 699 g/mol. The topological polar surface area (TPSA) is 96.3 Å². The Balaban J connectivity index is 4.47. The molecular formula is C49H97NO6. The first kappa shape index (κ1) is 54.8. The SMILES string of the molecule is CCCCCCCC(CCCCCC)COC(=O)CCCCCCN(CCCCCO)CC(O)CCCCC(=O)OCC(CCCCCC)CCCCCCC. The van der Waals surface area contributed by atoms with Crippen molar-refractivity contribution in [1.82, 2.24) is 4.90 Å². The molecule has 0 fully saturated rings. The molecule has 3 atom stereocenters. The van der Waals surface area contributed by atoms with E-state index in [1.807, 2.05) is 0 Å². The highest BCUT2D eigenvalue weighted by Gasteiger charge is 2.16. The van der Waals surface area contributed by atoms with Crippen LogP contribution in [-0.4, -0.2) is 72.6 Å². The predicted molar refractivity (Wildman–Crippen MR) is 238 cm³/mol. The van der Waals surface area contributed by atoms with E-state index in [2.05, 4.69) is 32.6 Å². The molecule has 0 aliphatic carbocycles. The van der Waals surface area contributed by atoms with E-state index in [1.165, 1.54) is 135 Å². The number of aliphatic hydroxyl groups is 2. The van der Waals surface area contributed by atoms with Gasteiger partial charge in [-0.25, -0.2) is 0 Å². The average Bonchev–Trinajstić information content (AvgIpc) is 3.19. The van der Waals surface area contributed by atoms with Crippen molar-refractivity contribution in [3.05, 3.63) is 0 Å². The van der Waals surface area contributed by atoms with Gasteiger partial charge in [-0.2, -0.15) is 0 Å². The number of carbonyl (C=O) groups excluding carboxylic acids is 2. The Morgan fingerprint density at radius 2 is 0.786 bits per heavy atom. The monoisotopic (exact) mass is 796 g/mol. The van der Waals surface area contributed by atoms with Crippen LogP contribution in [0.3, 0.4) is 0 Å². The van der Waals surface area contributed by atoms with Crippen molar-refractivity contribution >= 4 is 11.9 Å². The van der Waals surface area contributed by atoms with Crippen LogP contribution in [0, 0.1) is 11.8 Å². The van der Waals surface area contributed by atoms with Gasteiger partial charge in [0, 0.05) is 26.0 Å². The fraction of sp³-hybridized carbons (Fsp3) is 0.959. The molecule has 0 aliphatic rings. The van der Waals surface area contributed by atoms with Gasteiger partial charge in [-0.3, -0.25) is 9.59 Å². The number of hydrogen-bond acceptors (Lipinski definition) is 7. The Hall–Kier alpha value is -1.18. The lowest BCUT2D eigenvalue weighted by Crippen LogP contribution is -2.34. The first-order valence-electron chi connectivity index (χ1n) is 24.7. The van der Waals surface area contributed by atoms with Crippen molar-refractivity contribution in [3.8, 4) is 0 Å². The minimum atomic E-state index is -0.411. The number of aliphatic hydroxyl groups excluding tert-OH is 2. The maximum Gasteiger partial charge on any atom is 0.305 e. The summed E-state index contributed by atoms with van der Waals surface area (Å²) in [7, 11) is 0. The minimum absolute atomic E-state index is 0.0356. The summed E-state index contributed by atoms with van der Waals surface area (Å²) in [4.78, 5) is 27.6. The van der Waals surface area contributed by atoms with Gasteiger partial charge in [0.05, 0.1) is 19.3 Å². The van der Waals surface area contributed by atoms with Gasteiger partial charge < -0.3 is 24.6 Å². The molecule has 3 unspecified atom stereocenters. The molecule has 7 nitrogen and oxygen atoms in total. The molecule has 0 spiro atoms. The van der Waals surface area contributed by atoms with Crippen LogP contribution in [0.15, 0.2) is 0 Å². The van der Waals surface area contributed by atoms with E-state index < -0.39 is 6.10 Å². The molecule has 0 saturated carbocycles. The van der Waals surface area contributed by atoms with Crippen LogP contribution in [0.5, 0.6) is 0 Å². The van der Waals surface area contributed by atoms with E-state index in [-0.39, 0.29) is 18.5 Å². The Bertz CT molecular complexity index is 824. The number of hydrogen-bond donors (Lipinski definition) is 2. The van der Waals surface area contributed by atoms with E-state index in [0.717, 1.165) is 77.3 Å². The van der Waals surface area contributed by atoms with Crippen LogP contribution in [0.2, 0.25) is 0 Å². The summed E-state index contributed by atoms with van der Waals surface area (Å²) in [6, 6.07) is 0. The van der Waals surface area contributed by atoms with Gasteiger partial charge >= 0.3 is 11.9 Å². The molecule has 0 heterocycles. The molecule has 0 radical (unpaired) electrons. The van der Waals surface area contributed by atoms with Gasteiger partial charge in [0.2, 0.25) is 0 Å². The molecule has 0 bridgehead atoms. The zero-order valence-corrected chi connectivity index (χ0v) is 38.0. The van der Waals surface area contributed by atoms with Crippen LogP contribution in [0.4, 0.5) is 0 Å². The molecule has 7 heteroatoms. The van der Waals surface area contributed by atoms with Gasteiger partial charge in [0.1, 0.15) is 0 Å². The summed E-state index contributed by atoms with van der Waals surface area (Å²) in [6.07, 6.45) is 37.3. The molecule has 56 heavy (non-hydrogen) atoms. The summed E-state index contributed by atoms with van der Waals surface area (Å²) >= 11 is 0. The maximum absolute atomic E-state index is 12.6. The number of carbonyl (C=O) groups is 2. The molecule has 0 rings (SSSR count). The second-order valence-corrected chi connectivity index (χ2v) is 17.4. The minimum Gasteiger partial charge on any atom is -0.465 e. The molecule has 0 aromatic carbocycles. The van der Waals surface area contributed by atoms with Crippen molar-refractivity contribution in [3.63, 3.8) is 0 Å². The largest absolute Gasteiger partial charge is 0.465 e. The first-order valence-corrected chi connectivity index (χ1v) is 24.7. The third kappa shape index (κ3) is 38.3. The fourth-order valence-corrected chi connectivity index (χ4v) is 7.90. The summed E-state index contributed by atoms with van der Waals surface area (Å²) in [5.41, 5.74) is 0. The molecule has 334 valence electrons. The van der Waals surface area contributed by atoms with Gasteiger partial charge in [-0.15, -0.1) is 0 Å². The van der Waals surface area contributed by atoms with Crippen LogP contribution >= 0.6 is 0 Å². The van der Waals surface area contributed by atoms with Crippen LogP contribution in [-0.2, 0) is 19.1 Å². The normalized spacial score (nSPS) is 13.3. The summed E-state index contributed by atoms with van der Waals surface area (Å²) < 4.78 is 11.6. The van der Waals surface area contributed by atoms with Gasteiger partial charge in [-0.1, -0.05) is 163 Å². The van der Waals surface area contributed by atoms with Crippen molar-refractivity contribution in [2.45, 2.75) is 252 Å². The van der Waals surface area contributed by atoms with Crippen LogP contribution in [0.25, 0.3) is 0 Å². The Kier molecular flexibility index (Phi) is 42.5.